The van der Waals surface area contributed by atoms with Crippen molar-refractivity contribution < 1.29 is 19.6 Å². The molecular formula is C11H11NO5. The topological polar surface area (TPSA) is 89.7 Å². The molecule has 0 aliphatic carbocycles. The van der Waals surface area contributed by atoms with E-state index >= 15 is 0 Å². The first-order chi connectivity index (χ1) is 8.01. The summed E-state index contributed by atoms with van der Waals surface area (Å²) in [4.78, 5) is 21.0. The van der Waals surface area contributed by atoms with Crippen LogP contribution >= 0.6 is 0 Å². The van der Waals surface area contributed by atoms with Crippen LogP contribution in [0.3, 0.4) is 0 Å². The van der Waals surface area contributed by atoms with Gasteiger partial charge in [-0.05, 0) is 13.0 Å². The molecule has 1 aromatic carbocycles. The van der Waals surface area contributed by atoms with Gasteiger partial charge in [0.2, 0.25) is 5.75 Å². The molecular weight excluding hydrogens is 226 g/mol. The predicted molar refractivity (Wildman–Crippen MR) is 61.3 cm³/mol. The number of ether oxygens (including phenoxy) is 1. The van der Waals surface area contributed by atoms with E-state index in [0.29, 0.717) is 5.56 Å². The molecule has 1 rings (SSSR count). The number of rotatable bonds is 4. The Bertz CT molecular complexity index is 493. The number of carboxylic acid groups (broad SMARTS) is 1. The molecule has 0 saturated heterocycles. The van der Waals surface area contributed by atoms with Gasteiger partial charge in [-0.2, -0.15) is 0 Å². The third kappa shape index (κ3) is 2.60. The van der Waals surface area contributed by atoms with E-state index in [1.807, 2.05) is 0 Å². The van der Waals surface area contributed by atoms with E-state index in [1.54, 1.807) is 19.1 Å². The van der Waals surface area contributed by atoms with Crippen LogP contribution in [0.4, 0.5) is 5.69 Å². The molecule has 0 radical (unpaired) electrons. The molecule has 0 atom stereocenters. The van der Waals surface area contributed by atoms with Gasteiger partial charge >= 0.3 is 11.7 Å². The van der Waals surface area contributed by atoms with Gasteiger partial charge in [0.15, 0.2) is 0 Å². The van der Waals surface area contributed by atoms with Crippen molar-refractivity contribution in [2.75, 3.05) is 7.11 Å². The van der Waals surface area contributed by atoms with Crippen molar-refractivity contribution in [2.45, 2.75) is 6.92 Å². The van der Waals surface area contributed by atoms with E-state index in [1.165, 1.54) is 13.2 Å². The van der Waals surface area contributed by atoms with Crippen LogP contribution in [0, 0.1) is 10.1 Å². The predicted octanol–water partition coefficient (Wildman–Crippen LogP) is 2.33. The third-order valence-corrected chi connectivity index (χ3v) is 2.09. The molecule has 0 fully saturated rings. The van der Waals surface area contributed by atoms with Crippen molar-refractivity contribution >= 4 is 17.7 Å². The summed E-state index contributed by atoms with van der Waals surface area (Å²) in [5.74, 6) is -1.17. The lowest BCUT2D eigenvalue weighted by molar-refractivity contribution is -0.385. The van der Waals surface area contributed by atoms with E-state index in [0.717, 1.165) is 6.07 Å². The van der Waals surface area contributed by atoms with Gasteiger partial charge in [0.25, 0.3) is 0 Å². The molecule has 0 unspecified atom stereocenters. The normalized spacial score (nSPS) is 10.5. The average molecular weight is 237 g/mol. The first kappa shape index (κ1) is 12.7. The maximum atomic E-state index is 10.8. The minimum Gasteiger partial charge on any atom is -0.490 e. The van der Waals surface area contributed by atoms with Gasteiger partial charge in [-0.3, -0.25) is 10.1 Å². The van der Waals surface area contributed by atoms with E-state index in [4.69, 9.17) is 9.84 Å². The van der Waals surface area contributed by atoms with Crippen molar-refractivity contribution in [1.82, 2.24) is 0 Å². The largest absolute Gasteiger partial charge is 0.490 e. The molecule has 0 aliphatic rings. The Balaban J connectivity index is 3.56. The molecule has 0 bridgehead atoms. The highest BCUT2D eigenvalue weighted by Gasteiger charge is 2.21. The number of nitro groups is 1. The molecule has 1 aromatic rings. The molecule has 1 N–H and O–H groups in total. The summed E-state index contributed by atoms with van der Waals surface area (Å²) in [6, 6.07) is 2.31. The van der Waals surface area contributed by atoms with Crippen LogP contribution in [0.1, 0.15) is 22.8 Å². The lowest BCUT2D eigenvalue weighted by Gasteiger charge is -2.07. The average Bonchev–Trinajstić information content (AvgIpc) is 2.28. The zero-order chi connectivity index (χ0) is 13.0. The zero-order valence-corrected chi connectivity index (χ0v) is 9.34. The fraction of sp³-hybridized carbons (Fsp3) is 0.182. The molecule has 6 nitrogen and oxygen atoms in total. The van der Waals surface area contributed by atoms with Crippen LogP contribution in [-0.2, 0) is 0 Å². The molecule has 0 saturated carbocycles. The summed E-state index contributed by atoms with van der Waals surface area (Å²) in [5.41, 5.74) is -0.146. The summed E-state index contributed by atoms with van der Waals surface area (Å²) in [7, 11) is 1.30. The van der Waals surface area contributed by atoms with Gasteiger partial charge in [-0.1, -0.05) is 12.2 Å². The highest BCUT2D eigenvalue weighted by atomic mass is 16.6. The lowest BCUT2D eigenvalue weighted by atomic mass is 10.1. The van der Waals surface area contributed by atoms with Gasteiger partial charge in [0.05, 0.1) is 17.6 Å². The summed E-state index contributed by atoms with van der Waals surface area (Å²) in [6.45, 7) is 1.72. The van der Waals surface area contributed by atoms with Crippen LogP contribution in [0.15, 0.2) is 18.2 Å². The molecule has 0 spiro atoms. The minimum atomic E-state index is -1.22. The van der Waals surface area contributed by atoms with Gasteiger partial charge in [0, 0.05) is 11.6 Å². The number of hydrogen-bond acceptors (Lipinski definition) is 4. The molecule has 0 amide bonds. The number of allylic oxidation sites excluding steroid dienone is 1. The van der Waals surface area contributed by atoms with Crippen molar-refractivity contribution in [2.24, 2.45) is 0 Å². The Hall–Kier alpha value is -2.37. The quantitative estimate of drug-likeness (QED) is 0.641. The SMILES string of the molecule is CC=Cc1cc(C(=O)O)cc([N+](=O)[O-])c1OC. The Kier molecular flexibility index (Phi) is 3.82. The number of carbonyl (C=O) groups is 1. The number of aromatic carboxylic acids is 1. The molecule has 17 heavy (non-hydrogen) atoms. The van der Waals surface area contributed by atoms with Crippen LogP contribution in [0.2, 0.25) is 0 Å². The monoisotopic (exact) mass is 237 g/mol. The van der Waals surface area contributed by atoms with E-state index in [9.17, 15) is 14.9 Å². The number of nitrogens with zero attached hydrogens (tertiary/aromatic N) is 1. The van der Waals surface area contributed by atoms with Crippen molar-refractivity contribution in [1.29, 1.82) is 0 Å². The number of methoxy groups -OCH3 is 1. The lowest BCUT2D eigenvalue weighted by Crippen LogP contribution is -2.02. The van der Waals surface area contributed by atoms with E-state index in [-0.39, 0.29) is 17.0 Å². The second-order valence-corrected chi connectivity index (χ2v) is 3.18. The Morgan fingerprint density at radius 2 is 2.18 bits per heavy atom. The molecule has 90 valence electrons. The van der Waals surface area contributed by atoms with Crippen molar-refractivity contribution in [3.05, 3.63) is 39.4 Å². The number of carboxylic acids is 1. The summed E-state index contributed by atoms with van der Waals surface area (Å²) < 4.78 is 4.94. The first-order valence-corrected chi connectivity index (χ1v) is 4.73. The fourth-order valence-electron chi connectivity index (χ4n) is 1.42. The fourth-order valence-corrected chi connectivity index (χ4v) is 1.42. The van der Waals surface area contributed by atoms with E-state index in [2.05, 4.69) is 0 Å². The van der Waals surface area contributed by atoms with Crippen LogP contribution in [0.25, 0.3) is 6.08 Å². The van der Waals surface area contributed by atoms with Gasteiger partial charge in [0.1, 0.15) is 0 Å². The second-order valence-electron chi connectivity index (χ2n) is 3.18. The number of hydrogen-bond donors (Lipinski definition) is 1. The van der Waals surface area contributed by atoms with Crippen molar-refractivity contribution in [3.63, 3.8) is 0 Å². The van der Waals surface area contributed by atoms with Crippen LogP contribution < -0.4 is 4.74 Å². The van der Waals surface area contributed by atoms with E-state index < -0.39 is 10.9 Å². The molecule has 6 heteroatoms. The number of benzene rings is 1. The molecule has 0 aliphatic heterocycles. The Labute approximate surface area is 97.3 Å². The molecule has 0 aromatic heterocycles. The number of nitro benzene ring substituents is 1. The van der Waals surface area contributed by atoms with Crippen molar-refractivity contribution in [3.8, 4) is 5.75 Å². The highest BCUT2D eigenvalue weighted by Crippen LogP contribution is 2.33. The summed E-state index contributed by atoms with van der Waals surface area (Å²) >= 11 is 0. The minimum absolute atomic E-state index is 0.0538. The van der Waals surface area contributed by atoms with Gasteiger partial charge in [-0.15, -0.1) is 0 Å². The second kappa shape index (κ2) is 5.11. The zero-order valence-electron chi connectivity index (χ0n) is 9.34. The smallest absolute Gasteiger partial charge is 0.335 e. The van der Waals surface area contributed by atoms with Gasteiger partial charge < -0.3 is 9.84 Å². The van der Waals surface area contributed by atoms with Crippen LogP contribution in [-0.4, -0.2) is 23.1 Å². The van der Waals surface area contributed by atoms with Crippen LogP contribution in [0.5, 0.6) is 5.75 Å². The standard InChI is InChI=1S/C11H11NO5/c1-3-4-7-5-8(11(13)14)6-9(12(15)16)10(7)17-2/h3-6H,1-2H3,(H,13,14). The molecule has 0 heterocycles. The Morgan fingerprint density at radius 1 is 1.53 bits per heavy atom. The summed E-state index contributed by atoms with van der Waals surface area (Å²) in [6.07, 6.45) is 3.20. The Morgan fingerprint density at radius 3 is 2.59 bits per heavy atom. The maximum Gasteiger partial charge on any atom is 0.335 e. The third-order valence-electron chi connectivity index (χ3n) is 2.09. The maximum absolute atomic E-state index is 10.8. The first-order valence-electron chi connectivity index (χ1n) is 4.73. The van der Waals surface area contributed by atoms with Gasteiger partial charge in [-0.25, -0.2) is 4.79 Å². The highest BCUT2D eigenvalue weighted by molar-refractivity contribution is 5.90. The summed E-state index contributed by atoms with van der Waals surface area (Å²) in [5, 5.41) is 19.7.